The second kappa shape index (κ2) is 11.0. The van der Waals surface area contributed by atoms with Crippen molar-refractivity contribution in [3.63, 3.8) is 0 Å². The van der Waals surface area contributed by atoms with Crippen LogP contribution in [0.15, 0.2) is 36.7 Å². The van der Waals surface area contributed by atoms with Crippen molar-refractivity contribution >= 4 is 17.2 Å². The number of fused-ring (bicyclic) bond motifs is 5. The summed E-state index contributed by atoms with van der Waals surface area (Å²) in [5.74, 6) is 6.61. The van der Waals surface area contributed by atoms with E-state index in [9.17, 15) is 4.79 Å². The number of benzene rings is 1. The number of hydrogen-bond acceptors (Lipinski definition) is 8. The van der Waals surface area contributed by atoms with Gasteiger partial charge >= 0.3 is 0 Å². The number of carbonyl (C=O) groups excluding carboxylic acids is 1. The molecule has 1 saturated heterocycles. The van der Waals surface area contributed by atoms with Crippen LogP contribution in [0.25, 0.3) is 16.8 Å². The summed E-state index contributed by atoms with van der Waals surface area (Å²) in [5.41, 5.74) is 4.22. The molecule has 1 aromatic carbocycles. The minimum atomic E-state index is -0.507. The second-order valence-corrected chi connectivity index (χ2v) is 8.64. The Morgan fingerprint density at radius 1 is 1.22 bits per heavy atom. The maximum absolute atomic E-state index is 13.1. The maximum Gasteiger partial charge on any atom is 0.252 e. The lowest BCUT2D eigenvalue weighted by Crippen LogP contribution is -2.41. The van der Waals surface area contributed by atoms with E-state index in [0.29, 0.717) is 57.5 Å². The molecule has 2 aliphatic rings. The fraction of sp³-hybridized carbons (Fsp3) is 0.423. The van der Waals surface area contributed by atoms with E-state index >= 15 is 0 Å². The van der Waals surface area contributed by atoms with Gasteiger partial charge in [-0.3, -0.25) is 4.79 Å². The van der Waals surface area contributed by atoms with Crippen LogP contribution in [0.4, 0.5) is 5.69 Å². The largest absolute Gasteiger partial charge is 0.475 e. The summed E-state index contributed by atoms with van der Waals surface area (Å²) >= 11 is 0. The van der Waals surface area contributed by atoms with Gasteiger partial charge in [-0.05, 0) is 23.8 Å². The Kier molecular flexibility index (Phi) is 7.32. The third-order valence-corrected chi connectivity index (χ3v) is 6.23. The van der Waals surface area contributed by atoms with Crippen LogP contribution in [0, 0.1) is 11.8 Å². The Balaban J connectivity index is 1.49. The van der Waals surface area contributed by atoms with Gasteiger partial charge in [-0.25, -0.2) is 4.52 Å². The predicted octanol–water partition coefficient (Wildman–Crippen LogP) is 1.83. The summed E-state index contributed by atoms with van der Waals surface area (Å²) < 4.78 is 23.7. The van der Waals surface area contributed by atoms with E-state index < -0.39 is 6.10 Å². The number of carbonyl (C=O) groups is 1. The van der Waals surface area contributed by atoms with E-state index in [1.165, 1.54) is 0 Å². The van der Waals surface area contributed by atoms with Gasteiger partial charge in [0.25, 0.3) is 5.91 Å². The highest BCUT2D eigenvalue weighted by Gasteiger charge is 2.40. The highest BCUT2D eigenvalue weighted by atomic mass is 16.5. The summed E-state index contributed by atoms with van der Waals surface area (Å²) in [6.45, 7) is 2.56. The number of anilines is 1. The molecule has 1 unspecified atom stereocenters. The zero-order valence-corrected chi connectivity index (χ0v) is 20.4. The molecule has 4 bridgehead atoms. The SMILES string of the molecule is COCC#Cc1cc2cc(c1)-c1cnn3ccc(nc13)OCC1C[C@@H](OCCOC)C(=O)N1CCN2. The molecule has 0 radical (unpaired) electrons. The molecule has 0 saturated carbocycles. The van der Waals surface area contributed by atoms with Crippen LogP contribution in [0.2, 0.25) is 0 Å². The Labute approximate surface area is 209 Å². The lowest BCUT2D eigenvalue weighted by Gasteiger charge is -2.25. The van der Waals surface area contributed by atoms with E-state index in [4.69, 9.17) is 23.9 Å². The van der Waals surface area contributed by atoms with Crippen molar-refractivity contribution in [2.45, 2.75) is 18.6 Å². The van der Waals surface area contributed by atoms with Gasteiger partial charge < -0.3 is 29.2 Å². The molecule has 2 aromatic heterocycles. The van der Waals surface area contributed by atoms with Crippen LogP contribution >= 0.6 is 0 Å². The third-order valence-electron chi connectivity index (χ3n) is 6.23. The second-order valence-electron chi connectivity index (χ2n) is 8.64. The molecule has 3 aromatic rings. The molecule has 188 valence electrons. The van der Waals surface area contributed by atoms with Gasteiger partial charge in [-0.15, -0.1) is 0 Å². The number of methoxy groups -OCH3 is 2. The van der Waals surface area contributed by atoms with Gasteiger partial charge in [-0.2, -0.15) is 10.1 Å². The molecule has 36 heavy (non-hydrogen) atoms. The summed E-state index contributed by atoms with van der Waals surface area (Å²) in [5, 5.41) is 7.92. The fourth-order valence-electron chi connectivity index (χ4n) is 4.51. The predicted molar refractivity (Wildman–Crippen MR) is 133 cm³/mol. The van der Waals surface area contributed by atoms with Crippen LogP contribution in [0.1, 0.15) is 12.0 Å². The number of nitrogens with zero attached hydrogens (tertiary/aromatic N) is 4. The van der Waals surface area contributed by atoms with Crippen LogP contribution in [-0.4, -0.2) is 91.3 Å². The first kappa shape index (κ1) is 24.1. The van der Waals surface area contributed by atoms with Crippen molar-refractivity contribution in [2.24, 2.45) is 0 Å². The highest BCUT2D eigenvalue weighted by molar-refractivity contribution is 5.84. The van der Waals surface area contributed by atoms with Crippen molar-refractivity contribution in [3.05, 3.63) is 42.2 Å². The van der Waals surface area contributed by atoms with Crippen LogP contribution in [-0.2, 0) is 19.0 Å². The Morgan fingerprint density at radius 3 is 3.00 bits per heavy atom. The molecular weight excluding hydrogens is 462 g/mol. The first-order valence-electron chi connectivity index (χ1n) is 11.9. The highest BCUT2D eigenvalue weighted by Crippen LogP contribution is 2.29. The number of hydrogen-bond donors (Lipinski definition) is 1. The van der Waals surface area contributed by atoms with Gasteiger partial charge in [0.1, 0.15) is 19.3 Å². The maximum atomic E-state index is 13.1. The average Bonchev–Trinajstić information content (AvgIpc) is 3.43. The number of rotatable bonds is 5. The van der Waals surface area contributed by atoms with Crippen LogP contribution in [0.5, 0.6) is 5.88 Å². The third kappa shape index (κ3) is 5.14. The number of aromatic nitrogens is 3. The van der Waals surface area contributed by atoms with Gasteiger partial charge in [0.05, 0.1) is 25.5 Å². The summed E-state index contributed by atoms with van der Waals surface area (Å²) in [6, 6.07) is 7.70. The Hall–Kier alpha value is -3.65. The molecule has 0 spiro atoms. The monoisotopic (exact) mass is 491 g/mol. The number of ether oxygens (including phenoxy) is 4. The van der Waals surface area contributed by atoms with Crippen LogP contribution < -0.4 is 10.1 Å². The zero-order chi connectivity index (χ0) is 24.9. The molecule has 2 atom stereocenters. The smallest absolute Gasteiger partial charge is 0.252 e. The normalized spacial score (nSPS) is 19.3. The molecule has 10 heteroatoms. The summed E-state index contributed by atoms with van der Waals surface area (Å²) in [7, 11) is 3.23. The standard InChI is InChI=1S/C26H29N5O5/c1-33-9-3-4-18-12-19-14-20(13-18)27-6-8-30-21(15-23(26(30)32)35-11-10-34-2)17-36-24-5-7-31-25(29-24)22(19)16-28-31/h5,7,12-14,16,21,23,27H,6,8-11,15,17H2,1-2H3/t21?,23-/m1/s1. The van der Waals surface area contributed by atoms with E-state index in [0.717, 1.165) is 22.4 Å². The van der Waals surface area contributed by atoms with Crippen molar-refractivity contribution in [1.29, 1.82) is 0 Å². The first-order valence-corrected chi connectivity index (χ1v) is 11.9. The number of nitrogens with one attached hydrogen (secondary N) is 1. The molecule has 2 aliphatic heterocycles. The molecule has 4 heterocycles. The minimum absolute atomic E-state index is 0.0324. The van der Waals surface area contributed by atoms with E-state index in [1.54, 1.807) is 31.0 Å². The lowest BCUT2D eigenvalue weighted by atomic mass is 10.0. The Morgan fingerprint density at radius 2 is 2.14 bits per heavy atom. The molecule has 1 N–H and O–H groups in total. The Bertz CT molecular complexity index is 1300. The minimum Gasteiger partial charge on any atom is -0.475 e. The van der Waals surface area contributed by atoms with Crippen molar-refractivity contribution in [1.82, 2.24) is 19.5 Å². The van der Waals surface area contributed by atoms with Crippen molar-refractivity contribution in [3.8, 4) is 28.8 Å². The first-order chi connectivity index (χ1) is 17.7. The van der Waals surface area contributed by atoms with E-state index in [-0.39, 0.29) is 11.9 Å². The molecule has 1 amide bonds. The zero-order valence-electron chi connectivity index (χ0n) is 20.4. The summed E-state index contributed by atoms with van der Waals surface area (Å²) in [6.07, 6.45) is 3.66. The molecule has 10 nitrogen and oxygen atoms in total. The summed E-state index contributed by atoms with van der Waals surface area (Å²) in [4.78, 5) is 19.7. The van der Waals surface area contributed by atoms with E-state index in [1.807, 2.05) is 29.3 Å². The average molecular weight is 492 g/mol. The van der Waals surface area contributed by atoms with Gasteiger partial charge in [-0.1, -0.05) is 11.8 Å². The number of amides is 1. The van der Waals surface area contributed by atoms with Gasteiger partial charge in [0.15, 0.2) is 5.65 Å². The van der Waals surface area contributed by atoms with Crippen molar-refractivity contribution < 1.29 is 23.7 Å². The molecule has 5 rings (SSSR count). The quantitative estimate of drug-likeness (QED) is 0.426. The molecular formula is C26H29N5O5. The van der Waals surface area contributed by atoms with Crippen LogP contribution in [0.3, 0.4) is 0 Å². The lowest BCUT2D eigenvalue weighted by molar-refractivity contribution is -0.138. The van der Waals surface area contributed by atoms with E-state index in [2.05, 4.69) is 22.3 Å². The fourth-order valence-corrected chi connectivity index (χ4v) is 4.51. The van der Waals surface area contributed by atoms with Gasteiger partial charge in [0.2, 0.25) is 5.88 Å². The molecule has 0 aliphatic carbocycles. The van der Waals surface area contributed by atoms with Crippen molar-refractivity contribution in [2.75, 3.05) is 59.1 Å². The topological polar surface area (TPSA) is 99.5 Å². The molecule has 1 fully saturated rings. The van der Waals surface area contributed by atoms with Gasteiger partial charge in [0, 0.05) is 62.8 Å².